The molecule has 0 saturated carbocycles. The van der Waals surface area contributed by atoms with E-state index in [-0.39, 0.29) is 13.2 Å². The second kappa shape index (κ2) is 12.3. The van der Waals surface area contributed by atoms with Crippen LogP contribution in [-0.4, -0.2) is 72.5 Å². The fourth-order valence-corrected chi connectivity index (χ4v) is 1.98. The van der Waals surface area contributed by atoms with Crippen LogP contribution in [0.1, 0.15) is 33.1 Å². The maximum atomic E-state index is 8.85. The van der Waals surface area contributed by atoms with Crippen molar-refractivity contribution in [1.82, 2.24) is 9.80 Å². The van der Waals surface area contributed by atoms with Crippen LogP contribution in [0.25, 0.3) is 0 Å². The average molecular weight is 246 g/mol. The summed E-state index contributed by atoms with van der Waals surface area (Å²) < 4.78 is 0. The van der Waals surface area contributed by atoms with Crippen molar-refractivity contribution in [1.29, 1.82) is 0 Å². The molecule has 2 N–H and O–H groups in total. The molecule has 0 bridgehead atoms. The number of hydrogen-bond acceptors (Lipinski definition) is 4. The molecule has 0 amide bonds. The van der Waals surface area contributed by atoms with Crippen LogP contribution in [-0.2, 0) is 0 Å². The predicted molar refractivity (Wildman–Crippen MR) is 72.3 cm³/mol. The Hall–Kier alpha value is -0.160. The van der Waals surface area contributed by atoms with Gasteiger partial charge in [-0.3, -0.25) is 0 Å². The van der Waals surface area contributed by atoms with E-state index in [0.717, 1.165) is 52.1 Å². The highest BCUT2D eigenvalue weighted by molar-refractivity contribution is 4.61. The Morgan fingerprint density at radius 3 is 1.47 bits per heavy atom. The highest BCUT2D eigenvalue weighted by Gasteiger charge is 2.05. The lowest BCUT2D eigenvalue weighted by molar-refractivity contribution is 0.191. The SMILES string of the molecule is CCN(CC)CCCN(CCCO)CCCO. The van der Waals surface area contributed by atoms with Crippen molar-refractivity contribution in [2.75, 3.05) is 52.5 Å². The second-order valence-corrected chi connectivity index (χ2v) is 4.38. The van der Waals surface area contributed by atoms with Crippen LogP contribution in [0.4, 0.5) is 0 Å². The minimum absolute atomic E-state index is 0.256. The maximum absolute atomic E-state index is 8.85. The van der Waals surface area contributed by atoms with Crippen molar-refractivity contribution in [3.05, 3.63) is 0 Å². The third-order valence-electron chi connectivity index (χ3n) is 3.11. The highest BCUT2D eigenvalue weighted by atomic mass is 16.3. The topological polar surface area (TPSA) is 46.9 Å². The van der Waals surface area contributed by atoms with Crippen LogP contribution in [0.5, 0.6) is 0 Å². The lowest BCUT2D eigenvalue weighted by Gasteiger charge is -2.24. The van der Waals surface area contributed by atoms with Crippen LogP contribution in [0.15, 0.2) is 0 Å². The molecule has 0 aliphatic rings. The molecular formula is C13H30N2O2. The molecule has 0 rings (SSSR count). The van der Waals surface area contributed by atoms with Gasteiger partial charge in [0.25, 0.3) is 0 Å². The molecule has 0 fully saturated rings. The molecule has 0 unspecified atom stereocenters. The van der Waals surface area contributed by atoms with Gasteiger partial charge >= 0.3 is 0 Å². The molecule has 0 aromatic rings. The van der Waals surface area contributed by atoms with E-state index in [0.29, 0.717) is 0 Å². The standard InChI is InChI=1S/C13H30N2O2/c1-3-14(4-2)8-5-9-15(10-6-12-16)11-7-13-17/h16-17H,3-13H2,1-2H3. The van der Waals surface area contributed by atoms with E-state index in [1.54, 1.807) is 0 Å². The minimum Gasteiger partial charge on any atom is -0.396 e. The molecular weight excluding hydrogens is 216 g/mol. The zero-order valence-corrected chi connectivity index (χ0v) is 11.6. The van der Waals surface area contributed by atoms with Crippen LogP contribution in [0.2, 0.25) is 0 Å². The van der Waals surface area contributed by atoms with Gasteiger partial charge in [-0.1, -0.05) is 13.8 Å². The summed E-state index contributed by atoms with van der Waals surface area (Å²) in [6, 6.07) is 0. The minimum atomic E-state index is 0.256. The Balaban J connectivity index is 3.72. The Labute approximate surface area is 106 Å². The zero-order chi connectivity index (χ0) is 12.9. The van der Waals surface area contributed by atoms with Crippen LogP contribution >= 0.6 is 0 Å². The van der Waals surface area contributed by atoms with Crippen molar-refractivity contribution in [2.24, 2.45) is 0 Å². The maximum Gasteiger partial charge on any atom is 0.0443 e. The Kier molecular flexibility index (Phi) is 12.2. The first-order valence-corrected chi connectivity index (χ1v) is 6.94. The average Bonchev–Trinajstić information content (AvgIpc) is 2.37. The predicted octanol–water partition coefficient (Wildman–Crippen LogP) is 0.785. The first-order chi connectivity index (χ1) is 8.28. The van der Waals surface area contributed by atoms with Crippen molar-refractivity contribution in [3.63, 3.8) is 0 Å². The molecule has 0 aromatic heterocycles. The van der Waals surface area contributed by atoms with E-state index in [1.165, 1.54) is 6.42 Å². The summed E-state index contributed by atoms with van der Waals surface area (Å²) in [4.78, 5) is 4.77. The van der Waals surface area contributed by atoms with E-state index < -0.39 is 0 Å². The van der Waals surface area contributed by atoms with E-state index >= 15 is 0 Å². The summed E-state index contributed by atoms with van der Waals surface area (Å²) in [7, 11) is 0. The van der Waals surface area contributed by atoms with Gasteiger partial charge in [-0.15, -0.1) is 0 Å². The molecule has 4 nitrogen and oxygen atoms in total. The van der Waals surface area contributed by atoms with E-state index in [2.05, 4.69) is 23.6 Å². The number of rotatable bonds is 12. The van der Waals surface area contributed by atoms with Crippen LogP contribution in [0, 0.1) is 0 Å². The Morgan fingerprint density at radius 2 is 1.06 bits per heavy atom. The van der Waals surface area contributed by atoms with Gasteiger partial charge in [0.2, 0.25) is 0 Å². The molecule has 0 aliphatic heterocycles. The van der Waals surface area contributed by atoms with Crippen molar-refractivity contribution in [3.8, 4) is 0 Å². The van der Waals surface area contributed by atoms with Gasteiger partial charge in [-0.2, -0.15) is 0 Å². The van der Waals surface area contributed by atoms with Gasteiger partial charge in [0, 0.05) is 26.3 Å². The molecule has 0 radical (unpaired) electrons. The molecule has 0 saturated heterocycles. The number of hydrogen-bond donors (Lipinski definition) is 2. The summed E-state index contributed by atoms with van der Waals surface area (Å²) >= 11 is 0. The van der Waals surface area contributed by atoms with Crippen molar-refractivity contribution >= 4 is 0 Å². The quantitative estimate of drug-likeness (QED) is 0.534. The zero-order valence-electron chi connectivity index (χ0n) is 11.6. The summed E-state index contributed by atoms with van der Waals surface area (Å²) in [5.74, 6) is 0. The van der Waals surface area contributed by atoms with Gasteiger partial charge in [-0.25, -0.2) is 0 Å². The van der Waals surface area contributed by atoms with Gasteiger partial charge in [0.15, 0.2) is 0 Å². The largest absolute Gasteiger partial charge is 0.396 e. The van der Waals surface area contributed by atoms with E-state index in [9.17, 15) is 0 Å². The normalized spacial score (nSPS) is 11.6. The van der Waals surface area contributed by atoms with E-state index in [4.69, 9.17) is 10.2 Å². The fraction of sp³-hybridized carbons (Fsp3) is 1.00. The Morgan fingerprint density at radius 1 is 0.647 bits per heavy atom. The van der Waals surface area contributed by atoms with Crippen molar-refractivity contribution in [2.45, 2.75) is 33.1 Å². The highest BCUT2D eigenvalue weighted by Crippen LogP contribution is 1.98. The van der Waals surface area contributed by atoms with Gasteiger partial charge in [0.05, 0.1) is 0 Å². The molecule has 0 atom stereocenters. The molecule has 0 aliphatic carbocycles. The smallest absolute Gasteiger partial charge is 0.0443 e. The first-order valence-electron chi connectivity index (χ1n) is 6.94. The summed E-state index contributed by atoms with van der Waals surface area (Å²) in [6.45, 7) is 11.2. The van der Waals surface area contributed by atoms with Gasteiger partial charge in [0.1, 0.15) is 0 Å². The second-order valence-electron chi connectivity index (χ2n) is 4.38. The fourth-order valence-electron chi connectivity index (χ4n) is 1.98. The molecule has 17 heavy (non-hydrogen) atoms. The van der Waals surface area contributed by atoms with Crippen molar-refractivity contribution < 1.29 is 10.2 Å². The lowest BCUT2D eigenvalue weighted by Crippen LogP contribution is -2.32. The molecule has 0 aromatic carbocycles. The third-order valence-corrected chi connectivity index (χ3v) is 3.11. The number of aliphatic hydroxyl groups excluding tert-OH is 2. The molecule has 0 spiro atoms. The third kappa shape index (κ3) is 9.53. The summed E-state index contributed by atoms with van der Waals surface area (Å²) in [5, 5.41) is 17.7. The monoisotopic (exact) mass is 246 g/mol. The summed E-state index contributed by atoms with van der Waals surface area (Å²) in [6.07, 6.45) is 2.83. The first kappa shape index (κ1) is 16.8. The molecule has 0 heterocycles. The molecule has 4 heteroatoms. The van der Waals surface area contributed by atoms with E-state index in [1.807, 2.05) is 0 Å². The molecule has 104 valence electrons. The van der Waals surface area contributed by atoms with Gasteiger partial charge < -0.3 is 20.0 Å². The summed E-state index contributed by atoms with van der Waals surface area (Å²) in [5.41, 5.74) is 0. The Bertz CT molecular complexity index is 144. The van der Waals surface area contributed by atoms with Crippen LogP contribution < -0.4 is 0 Å². The van der Waals surface area contributed by atoms with Gasteiger partial charge in [-0.05, 0) is 45.4 Å². The van der Waals surface area contributed by atoms with Crippen LogP contribution in [0.3, 0.4) is 0 Å². The lowest BCUT2D eigenvalue weighted by atomic mass is 10.3. The number of nitrogens with zero attached hydrogens (tertiary/aromatic N) is 2. The number of aliphatic hydroxyl groups is 2.